The van der Waals surface area contributed by atoms with E-state index in [1.54, 1.807) is 35.6 Å². The molecule has 0 spiro atoms. The van der Waals surface area contributed by atoms with E-state index in [4.69, 9.17) is 11.6 Å². The molecule has 3 aromatic heterocycles. The van der Waals surface area contributed by atoms with Crippen molar-refractivity contribution in [1.29, 1.82) is 0 Å². The van der Waals surface area contributed by atoms with Gasteiger partial charge in [-0.25, -0.2) is 19.3 Å². The first-order chi connectivity index (χ1) is 13.7. The average Bonchev–Trinajstić information content (AvgIpc) is 3.10. The van der Waals surface area contributed by atoms with Crippen molar-refractivity contribution in [2.24, 2.45) is 0 Å². The van der Waals surface area contributed by atoms with Crippen molar-refractivity contribution < 1.29 is 4.39 Å². The summed E-state index contributed by atoms with van der Waals surface area (Å²) >= 11 is 6.08. The summed E-state index contributed by atoms with van der Waals surface area (Å²) in [4.78, 5) is 17.5. The Hall–Kier alpha value is -3.38. The van der Waals surface area contributed by atoms with Crippen LogP contribution in [-0.2, 0) is 6.42 Å². The lowest BCUT2D eigenvalue weighted by Gasteiger charge is -2.14. The van der Waals surface area contributed by atoms with E-state index in [0.29, 0.717) is 39.7 Å². The van der Waals surface area contributed by atoms with Gasteiger partial charge >= 0.3 is 0 Å². The minimum absolute atomic E-state index is 0.313. The van der Waals surface area contributed by atoms with Gasteiger partial charge in [-0.1, -0.05) is 29.8 Å². The van der Waals surface area contributed by atoms with E-state index in [9.17, 15) is 4.39 Å². The Labute approximate surface area is 164 Å². The molecular weight excluding hydrogens is 377 g/mol. The third kappa shape index (κ3) is 2.97. The minimum Gasteiger partial charge on any atom is -0.288 e. The quantitative estimate of drug-likeness (QED) is 0.486. The van der Waals surface area contributed by atoms with Crippen LogP contribution in [0.25, 0.3) is 34.8 Å². The number of hydrogen-bond donors (Lipinski definition) is 0. The molecule has 136 valence electrons. The lowest BCUT2D eigenvalue weighted by atomic mass is 9.97. The normalized spacial score (nSPS) is 14.9. The van der Waals surface area contributed by atoms with Gasteiger partial charge in [-0.2, -0.15) is 0 Å². The van der Waals surface area contributed by atoms with Crippen LogP contribution < -0.4 is 0 Å². The van der Waals surface area contributed by atoms with Gasteiger partial charge in [0, 0.05) is 41.1 Å². The molecule has 0 amide bonds. The highest BCUT2D eigenvalue weighted by Crippen LogP contribution is 2.29. The van der Waals surface area contributed by atoms with Crippen LogP contribution in [0.4, 0.5) is 4.39 Å². The number of fused-ring (bicyclic) bond motifs is 2. The monoisotopic (exact) mass is 389 g/mol. The number of halogens is 2. The molecule has 5 nitrogen and oxygen atoms in total. The average molecular weight is 390 g/mol. The topological polar surface area (TPSA) is 56.5 Å². The van der Waals surface area contributed by atoms with Gasteiger partial charge in [-0.05, 0) is 23.8 Å². The number of hydrogen-bond acceptors (Lipinski definition) is 4. The van der Waals surface area contributed by atoms with Gasteiger partial charge in [0.2, 0.25) is 0 Å². The van der Waals surface area contributed by atoms with Crippen LogP contribution >= 0.6 is 11.6 Å². The van der Waals surface area contributed by atoms with E-state index in [1.807, 2.05) is 30.3 Å². The summed E-state index contributed by atoms with van der Waals surface area (Å²) in [6, 6.07) is 11.2. The largest absolute Gasteiger partial charge is 0.288 e. The summed E-state index contributed by atoms with van der Waals surface area (Å²) < 4.78 is 16.3. The second-order valence-corrected chi connectivity index (χ2v) is 6.87. The molecule has 0 saturated heterocycles. The second-order valence-electron chi connectivity index (χ2n) is 6.44. The summed E-state index contributed by atoms with van der Waals surface area (Å²) in [5, 5.41) is 0.622. The van der Waals surface area contributed by atoms with Crippen LogP contribution in [0, 0.1) is 0 Å². The number of allylic oxidation sites excluding steroid dienone is 2. The van der Waals surface area contributed by atoms with Gasteiger partial charge in [0.15, 0.2) is 11.3 Å². The van der Waals surface area contributed by atoms with Gasteiger partial charge in [0.1, 0.15) is 12.2 Å². The summed E-state index contributed by atoms with van der Waals surface area (Å²) in [5.74, 6) is -0.313. The molecule has 28 heavy (non-hydrogen) atoms. The van der Waals surface area contributed by atoms with Crippen LogP contribution in [0.2, 0.25) is 5.02 Å². The van der Waals surface area contributed by atoms with Crippen molar-refractivity contribution in [2.75, 3.05) is 0 Å². The third-order valence-electron chi connectivity index (χ3n) is 4.58. The van der Waals surface area contributed by atoms with E-state index in [-0.39, 0.29) is 5.83 Å². The SMILES string of the molecule is FC1=Cc2ncccc2CC1=Cn1cnc2ncc(-c3cccc(Cl)c3)nc21. The zero-order valence-corrected chi connectivity index (χ0v) is 15.3. The van der Waals surface area contributed by atoms with E-state index in [1.165, 1.54) is 6.08 Å². The predicted molar refractivity (Wildman–Crippen MR) is 107 cm³/mol. The molecule has 3 heterocycles. The van der Waals surface area contributed by atoms with Crippen LogP contribution in [0.1, 0.15) is 11.3 Å². The first-order valence-electron chi connectivity index (χ1n) is 8.65. The zero-order chi connectivity index (χ0) is 19.1. The predicted octanol–water partition coefficient (Wildman–Crippen LogP) is 4.95. The Bertz CT molecular complexity index is 1270. The molecule has 0 fully saturated rings. The molecule has 1 aromatic carbocycles. The van der Waals surface area contributed by atoms with Gasteiger partial charge < -0.3 is 0 Å². The Kier molecular flexibility index (Phi) is 3.98. The molecule has 7 heteroatoms. The molecule has 1 aliphatic rings. The summed E-state index contributed by atoms with van der Waals surface area (Å²) in [7, 11) is 0. The van der Waals surface area contributed by atoms with Gasteiger partial charge in [0.05, 0.1) is 17.6 Å². The van der Waals surface area contributed by atoms with Crippen molar-refractivity contribution in [3.8, 4) is 11.3 Å². The molecule has 0 aliphatic heterocycles. The maximum Gasteiger partial charge on any atom is 0.197 e. The van der Waals surface area contributed by atoms with Crippen molar-refractivity contribution in [3.63, 3.8) is 0 Å². The second kappa shape index (κ2) is 6.65. The highest BCUT2D eigenvalue weighted by atomic mass is 35.5. The molecule has 1 aliphatic carbocycles. The Morgan fingerprint density at radius 3 is 2.93 bits per heavy atom. The molecule has 0 bridgehead atoms. The highest BCUT2D eigenvalue weighted by molar-refractivity contribution is 6.30. The Morgan fingerprint density at radius 2 is 2.04 bits per heavy atom. The fourth-order valence-corrected chi connectivity index (χ4v) is 3.39. The molecule has 4 aromatic rings. The number of aromatic nitrogens is 5. The molecule has 0 atom stereocenters. The van der Waals surface area contributed by atoms with E-state index in [0.717, 1.165) is 11.1 Å². The Morgan fingerprint density at radius 1 is 1.11 bits per heavy atom. The molecule has 0 saturated carbocycles. The van der Waals surface area contributed by atoms with Gasteiger partial charge in [-0.15, -0.1) is 0 Å². The Balaban J connectivity index is 1.59. The van der Waals surface area contributed by atoms with Crippen molar-refractivity contribution in [2.45, 2.75) is 6.42 Å². The molecule has 0 N–H and O–H groups in total. The van der Waals surface area contributed by atoms with Gasteiger partial charge in [-0.3, -0.25) is 9.55 Å². The maximum atomic E-state index is 14.6. The van der Waals surface area contributed by atoms with Crippen LogP contribution in [0.3, 0.4) is 0 Å². The van der Waals surface area contributed by atoms with Crippen LogP contribution in [0.15, 0.2) is 66.5 Å². The summed E-state index contributed by atoms with van der Waals surface area (Å²) in [6.07, 6.45) is 8.51. The number of imidazole rings is 1. The third-order valence-corrected chi connectivity index (χ3v) is 4.81. The minimum atomic E-state index is -0.313. The smallest absolute Gasteiger partial charge is 0.197 e. The first-order valence-corrected chi connectivity index (χ1v) is 9.03. The number of rotatable bonds is 2. The highest BCUT2D eigenvalue weighted by Gasteiger charge is 2.17. The molecule has 0 unspecified atom stereocenters. The molecule has 5 rings (SSSR count). The van der Waals surface area contributed by atoms with E-state index >= 15 is 0 Å². The van der Waals surface area contributed by atoms with Crippen LogP contribution in [-0.4, -0.2) is 24.5 Å². The molecular formula is C21H13ClFN5. The zero-order valence-electron chi connectivity index (χ0n) is 14.5. The standard InChI is InChI=1S/C21H13ClFN5/c22-16-5-1-3-14(8-16)19-10-25-20-21(27-19)28(12-26-20)11-15-7-13-4-2-6-24-18(13)9-17(15)23/h1-6,8-12H,7H2. The van der Waals surface area contributed by atoms with E-state index < -0.39 is 0 Å². The maximum absolute atomic E-state index is 14.6. The number of nitrogens with zero attached hydrogens (tertiary/aromatic N) is 5. The lowest BCUT2D eigenvalue weighted by Crippen LogP contribution is -2.04. The summed E-state index contributed by atoms with van der Waals surface area (Å²) in [5.41, 5.74) is 4.74. The van der Waals surface area contributed by atoms with Crippen molar-refractivity contribution in [1.82, 2.24) is 24.5 Å². The molecule has 0 radical (unpaired) electrons. The van der Waals surface area contributed by atoms with Gasteiger partial charge in [0.25, 0.3) is 0 Å². The van der Waals surface area contributed by atoms with Crippen LogP contribution in [0.5, 0.6) is 0 Å². The number of pyridine rings is 1. The summed E-state index contributed by atoms with van der Waals surface area (Å²) in [6.45, 7) is 0. The van der Waals surface area contributed by atoms with Crippen molar-refractivity contribution >= 4 is 35.2 Å². The first kappa shape index (κ1) is 16.8. The number of benzene rings is 1. The lowest BCUT2D eigenvalue weighted by molar-refractivity contribution is 0.648. The fourth-order valence-electron chi connectivity index (χ4n) is 3.20. The fraction of sp³-hybridized carbons (Fsp3) is 0.0476. The van der Waals surface area contributed by atoms with Crippen molar-refractivity contribution in [3.05, 3.63) is 82.8 Å². The van der Waals surface area contributed by atoms with E-state index in [2.05, 4.69) is 19.9 Å².